The fourth-order valence-electron chi connectivity index (χ4n) is 3.77. The van der Waals surface area contributed by atoms with E-state index in [9.17, 15) is 9.59 Å². The van der Waals surface area contributed by atoms with Crippen molar-refractivity contribution in [2.75, 3.05) is 12.4 Å². The molecule has 1 unspecified atom stereocenters. The Balaban J connectivity index is 1.57. The quantitative estimate of drug-likeness (QED) is 0.226. The number of azide groups is 1. The number of hydrogen-bond acceptors (Lipinski definition) is 3. The monoisotopic (exact) mass is 438 g/mol. The van der Waals surface area contributed by atoms with Crippen LogP contribution in [0.1, 0.15) is 17.2 Å². The summed E-state index contributed by atoms with van der Waals surface area (Å²) in [5.74, 6) is -0.519. The predicted molar refractivity (Wildman–Crippen MR) is 128 cm³/mol. The number of likely N-dealkylation sites (N-methyl/N-ethyl adjacent to an activating group) is 1. The molecule has 2 N–H and O–H groups in total. The number of amides is 2. The van der Waals surface area contributed by atoms with Crippen LogP contribution in [0.2, 0.25) is 0 Å². The molecule has 1 aromatic heterocycles. The van der Waals surface area contributed by atoms with Gasteiger partial charge in [0.15, 0.2) is 0 Å². The third kappa shape index (κ3) is 4.87. The fourth-order valence-corrected chi connectivity index (χ4v) is 3.77. The highest BCUT2D eigenvalue weighted by Crippen LogP contribution is 2.25. The van der Waals surface area contributed by atoms with Crippen molar-refractivity contribution in [1.29, 1.82) is 0 Å². The van der Waals surface area contributed by atoms with Crippen LogP contribution in [0.4, 0.5) is 11.4 Å². The lowest BCUT2D eigenvalue weighted by Crippen LogP contribution is -2.39. The van der Waals surface area contributed by atoms with Gasteiger partial charge in [0.1, 0.15) is 6.04 Å². The number of nitrogens with zero attached hydrogens (tertiary/aromatic N) is 4. The van der Waals surface area contributed by atoms with Crippen LogP contribution in [-0.4, -0.2) is 28.7 Å². The molecule has 1 heterocycles. The maximum atomic E-state index is 13.3. The summed E-state index contributed by atoms with van der Waals surface area (Å²) in [7, 11) is 1.64. The molecular weight excluding hydrogens is 416 g/mol. The van der Waals surface area contributed by atoms with Crippen molar-refractivity contribution in [3.63, 3.8) is 0 Å². The third-order valence-electron chi connectivity index (χ3n) is 5.46. The molecule has 0 bridgehead atoms. The minimum Gasteiger partial charge on any atom is -0.361 e. The van der Waals surface area contributed by atoms with E-state index in [1.54, 1.807) is 31.3 Å². The molecular formula is C25H22N6O2. The number of rotatable bonds is 7. The second kappa shape index (κ2) is 9.72. The highest BCUT2D eigenvalue weighted by Gasteiger charge is 2.29. The predicted octanol–water partition coefficient (Wildman–Crippen LogP) is 5.49. The van der Waals surface area contributed by atoms with Crippen molar-refractivity contribution < 1.29 is 9.59 Å². The standard InChI is InChI=1S/C25H22N6O2/c1-31(23(32)15-18-16-27-22-10-6-5-9-21(18)22)24(17-7-3-2-4-8-17)25(33)28-19-11-13-20(14-12-19)29-30-26/h2-14,16,24,27H,15H2,1H3,(H,28,33). The lowest BCUT2D eigenvalue weighted by molar-refractivity contribution is -0.136. The van der Waals surface area contributed by atoms with E-state index in [0.29, 0.717) is 16.9 Å². The van der Waals surface area contributed by atoms with E-state index in [-0.39, 0.29) is 18.2 Å². The van der Waals surface area contributed by atoms with E-state index >= 15 is 0 Å². The summed E-state index contributed by atoms with van der Waals surface area (Å²) in [5, 5.41) is 7.38. The maximum Gasteiger partial charge on any atom is 0.251 e. The molecule has 8 nitrogen and oxygen atoms in total. The summed E-state index contributed by atoms with van der Waals surface area (Å²) in [6.45, 7) is 0. The van der Waals surface area contributed by atoms with Crippen LogP contribution in [0.3, 0.4) is 0 Å². The number of H-pyrrole nitrogens is 1. The van der Waals surface area contributed by atoms with Gasteiger partial charge in [0, 0.05) is 40.4 Å². The first-order valence-electron chi connectivity index (χ1n) is 10.4. The minimum atomic E-state index is -0.819. The highest BCUT2D eigenvalue weighted by atomic mass is 16.2. The number of carbonyl (C=O) groups is 2. The van der Waals surface area contributed by atoms with Crippen LogP contribution >= 0.6 is 0 Å². The summed E-state index contributed by atoms with van der Waals surface area (Å²) in [6.07, 6.45) is 2.00. The number of hydrogen-bond donors (Lipinski definition) is 2. The maximum absolute atomic E-state index is 13.3. The number of carbonyl (C=O) groups excluding carboxylic acids is 2. The van der Waals surface area contributed by atoms with Gasteiger partial charge in [0.2, 0.25) is 5.91 Å². The van der Waals surface area contributed by atoms with Gasteiger partial charge in [0.25, 0.3) is 5.91 Å². The molecule has 4 aromatic rings. The average Bonchev–Trinajstić information content (AvgIpc) is 3.24. The van der Waals surface area contributed by atoms with Gasteiger partial charge in [-0.1, -0.05) is 65.8 Å². The molecule has 0 aliphatic carbocycles. The molecule has 0 aliphatic rings. The Kier molecular flexibility index (Phi) is 6.38. The molecule has 3 aromatic carbocycles. The topological polar surface area (TPSA) is 114 Å². The van der Waals surface area contributed by atoms with E-state index in [2.05, 4.69) is 20.3 Å². The Labute approximate surface area is 190 Å². The van der Waals surface area contributed by atoms with Crippen molar-refractivity contribution in [2.45, 2.75) is 12.5 Å². The van der Waals surface area contributed by atoms with E-state index in [4.69, 9.17) is 5.53 Å². The van der Waals surface area contributed by atoms with Gasteiger partial charge in [-0.2, -0.15) is 0 Å². The largest absolute Gasteiger partial charge is 0.361 e. The van der Waals surface area contributed by atoms with Crippen molar-refractivity contribution >= 4 is 34.1 Å². The Hall–Kier alpha value is -4.55. The van der Waals surface area contributed by atoms with Crippen LogP contribution in [0.15, 0.2) is 90.2 Å². The zero-order valence-corrected chi connectivity index (χ0v) is 18.0. The van der Waals surface area contributed by atoms with Crippen molar-refractivity contribution in [1.82, 2.24) is 9.88 Å². The number of nitrogens with one attached hydrogen (secondary N) is 2. The smallest absolute Gasteiger partial charge is 0.251 e. The van der Waals surface area contributed by atoms with Gasteiger partial charge in [-0.15, -0.1) is 0 Å². The Morgan fingerprint density at radius 1 is 1.03 bits per heavy atom. The summed E-state index contributed by atoms with van der Waals surface area (Å²) in [5.41, 5.74) is 12.1. The number of fused-ring (bicyclic) bond motifs is 1. The van der Waals surface area contributed by atoms with Crippen molar-refractivity contribution in [3.8, 4) is 0 Å². The van der Waals surface area contributed by atoms with Crippen molar-refractivity contribution in [3.05, 3.63) is 107 Å². The van der Waals surface area contributed by atoms with Crippen LogP contribution in [-0.2, 0) is 16.0 Å². The molecule has 33 heavy (non-hydrogen) atoms. The minimum absolute atomic E-state index is 0.165. The summed E-state index contributed by atoms with van der Waals surface area (Å²) < 4.78 is 0. The molecule has 0 radical (unpaired) electrons. The summed E-state index contributed by atoms with van der Waals surface area (Å²) in [6, 6.07) is 22.7. The van der Waals surface area contributed by atoms with Gasteiger partial charge in [-0.05, 0) is 34.9 Å². The Morgan fingerprint density at radius 2 is 1.73 bits per heavy atom. The van der Waals surface area contributed by atoms with E-state index in [0.717, 1.165) is 16.5 Å². The molecule has 4 rings (SSSR count). The zero-order chi connectivity index (χ0) is 23.2. The second-order valence-electron chi connectivity index (χ2n) is 7.58. The Morgan fingerprint density at radius 3 is 2.45 bits per heavy atom. The Bertz CT molecular complexity index is 1320. The third-order valence-corrected chi connectivity index (χ3v) is 5.46. The fraction of sp³-hybridized carbons (Fsp3) is 0.120. The van der Waals surface area contributed by atoms with Gasteiger partial charge in [-0.3, -0.25) is 9.59 Å². The van der Waals surface area contributed by atoms with Gasteiger partial charge >= 0.3 is 0 Å². The number of anilines is 1. The first-order valence-corrected chi connectivity index (χ1v) is 10.4. The molecule has 0 spiro atoms. The zero-order valence-electron chi connectivity index (χ0n) is 18.0. The molecule has 0 saturated carbocycles. The van der Waals surface area contributed by atoms with Crippen molar-refractivity contribution in [2.24, 2.45) is 5.11 Å². The summed E-state index contributed by atoms with van der Waals surface area (Å²) >= 11 is 0. The lowest BCUT2D eigenvalue weighted by atomic mass is 10.0. The number of para-hydroxylation sites is 1. The average molecular weight is 438 g/mol. The van der Waals surface area contributed by atoms with Gasteiger partial charge < -0.3 is 15.2 Å². The highest BCUT2D eigenvalue weighted by molar-refractivity contribution is 5.98. The van der Waals surface area contributed by atoms with Crippen LogP contribution in [0, 0.1) is 0 Å². The van der Waals surface area contributed by atoms with E-state index < -0.39 is 6.04 Å². The van der Waals surface area contributed by atoms with Gasteiger partial charge in [-0.25, -0.2) is 0 Å². The second-order valence-corrected chi connectivity index (χ2v) is 7.58. The molecule has 0 saturated heterocycles. The molecule has 0 fully saturated rings. The SMILES string of the molecule is CN(C(=O)Cc1c[nH]c2ccccc12)C(C(=O)Nc1ccc(N=[N+]=[N-])cc1)c1ccccc1. The molecule has 164 valence electrons. The number of benzene rings is 3. The van der Waals surface area contributed by atoms with Crippen LogP contribution in [0.5, 0.6) is 0 Å². The van der Waals surface area contributed by atoms with Gasteiger partial charge in [0.05, 0.1) is 6.42 Å². The molecule has 1 atom stereocenters. The number of aromatic nitrogens is 1. The first-order chi connectivity index (χ1) is 16.1. The molecule has 0 aliphatic heterocycles. The molecule has 2 amide bonds. The lowest BCUT2D eigenvalue weighted by Gasteiger charge is -2.28. The normalized spacial score (nSPS) is 11.4. The van der Waals surface area contributed by atoms with E-state index in [1.807, 2.05) is 60.8 Å². The van der Waals surface area contributed by atoms with E-state index in [1.165, 1.54) is 4.90 Å². The summed E-state index contributed by atoms with van der Waals surface area (Å²) in [4.78, 5) is 33.9. The van der Waals surface area contributed by atoms with Crippen LogP contribution < -0.4 is 5.32 Å². The first kappa shape index (κ1) is 21.7. The molecule has 8 heteroatoms. The number of aromatic amines is 1. The van der Waals surface area contributed by atoms with Crippen LogP contribution in [0.25, 0.3) is 21.3 Å².